The van der Waals surface area contributed by atoms with Crippen LogP contribution in [-0.2, 0) is 9.53 Å². The van der Waals surface area contributed by atoms with Gasteiger partial charge in [-0.15, -0.1) is 0 Å². The Morgan fingerprint density at radius 1 is 1.43 bits per heavy atom. The normalized spacial score (nSPS) is 12.7. The first-order chi connectivity index (χ1) is 9.86. The number of methoxy groups -OCH3 is 1. The van der Waals surface area contributed by atoms with Crippen molar-refractivity contribution >= 4 is 28.9 Å². The van der Waals surface area contributed by atoms with Crippen molar-refractivity contribution in [2.75, 3.05) is 31.3 Å². The van der Waals surface area contributed by atoms with Crippen molar-refractivity contribution in [2.24, 2.45) is 0 Å². The van der Waals surface area contributed by atoms with Gasteiger partial charge in [0.1, 0.15) is 0 Å². The molecule has 3 N–H and O–H groups in total. The Labute approximate surface area is 131 Å². The van der Waals surface area contributed by atoms with Gasteiger partial charge in [0.05, 0.1) is 23.4 Å². The Bertz CT molecular complexity index is 480. The highest BCUT2D eigenvalue weighted by Crippen LogP contribution is 2.22. The molecule has 118 valence electrons. The zero-order chi connectivity index (χ0) is 16.0. The van der Waals surface area contributed by atoms with Crippen LogP contribution >= 0.6 is 11.6 Å². The number of benzene rings is 1. The van der Waals surface area contributed by atoms with Crippen LogP contribution in [0.4, 0.5) is 11.4 Å². The first-order valence-corrected chi connectivity index (χ1v) is 7.35. The monoisotopic (exact) mass is 313 g/mol. The van der Waals surface area contributed by atoms with Gasteiger partial charge in [-0.05, 0) is 39.0 Å². The predicted octanol–water partition coefficient (Wildman–Crippen LogP) is 2.61. The molecule has 0 saturated carbocycles. The second kappa shape index (κ2) is 8.22. The van der Waals surface area contributed by atoms with Crippen LogP contribution in [0, 0.1) is 0 Å². The topological polar surface area (TPSA) is 67.6 Å². The molecule has 0 saturated heterocycles. The quantitative estimate of drug-likeness (QED) is 0.759. The minimum atomic E-state index is -0.267. The number of ether oxygens (including phenoxy) is 1. The number of carbonyl (C=O) groups is 1. The number of nitrogen functional groups attached to an aromatic ring is 1. The van der Waals surface area contributed by atoms with E-state index in [9.17, 15) is 4.79 Å². The molecule has 6 heteroatoms. The van der Waals surface area contributed by atoms with Gasteiger partial charge in [0.15, 0.2) is 0 Å². The third-order valence-electron chi connectivity index (χ3n) is 3.36. The zero-order valence-corrected chi connectivity index (χ0v) is 13.8. The Hall–Kier alpha value is -1.30. The van der Waals surface area contributed by atoms with Crippen LogP contribution in [0.25, 0.3) is 0 Å². The molecule has 0 aliphatic carbocycles. The maximum Gasteiger partial charge on any atom is 0.241 e. The van der Waals surface area contributed by atoms with Gasteiger partial charge in [-0.3, -0.25) is 9.69 Å². The molecule has 0 aliphatic heterocycles. The van der Waals surface area contributed by atoms with E-state index in [1.807, 2.05) is 6.92 Å². The van der Waals surface area contributed by atoms with Crippen LogP contribution in [0.15, 0.2) is 18.2 Å². The molecule has 1 aromatic carbocycles. The second-order valence-corrected chi connectivity index (χ2v) is 5.63. The van der Waals surface area contributed by atoms with Crippen LogP contribution in [0.1, 0.15) is 20.8 Å². The SMILES string of the molecule is COCCN(C(C)C)C(C)C(=O)Nc1ccc(Cl)c(N)c1. The highest BCUT2D eigenvalue weighted by Gasteiger charge is 2.23. The van der Waals surface area contributed by atoms with Gasteiger partial charge in [0.25, 0.3) is 0 Å². The van der Waals surface area contributed by atoms with Gasteiger partial charge >= 0.3 is 0 Å². The Morgan fingerprint density at radius 3 is 2.62 bits per heavy atom. The van der Waals surface area contributed by atoms with Gasteiger partial charge < -0.3 is 15.8 Å². The van der Waals surface area contributed by atoms with Crippen LogP contribution in [-0.4, -0.2) is 43.2 Å². The Morgan fingerprint density at radius 2 is 2.10 bits per heavy atom. The molecule has 1 amide bonds. The van der Waals surface area contributed by atoms with E-state index in [-0.39, 0.29) is 18.0 Å². The standard InChI is InChI=1S/C15H24ClN3O2/c1-10(2)19(7-8-21-4)11(3)15(20)18-12-5-6-13(16)14(17)9-12/h5-6,9-11H,7-8,17H2,1-4H3,(H,18,20). The summed E-state index contributed by atoms with van der Waals surface area (Å²) in [5, 5.41) is 3.34. The number of halogens is 1. The number of hydrogen-bond acceptors (Lipinski definition) is 4. The summed E-state index contributed by atoms with van der Waals surface area (Å²) in [4.78, 5) is 14.4. The average Bonchev–Trinajstić information content (AvgIpc) is 2.42. The van der Waals surface area contributed by atoms with E-state index in [4.69, 9.17) is 22.1 Å². The molecule has 1 unspecified atom stereocenters. The van der Waals surface area contributed by atoms with Crippen molar-refractivity contribution in [3.05, 3.63) is 23.2 Å². The predicted molar refractivity (Wildman–Crippen MR) is 87.7 cm³/mol. The molecule has 0 heterocycles. The van der Waals surface area contributed by atoms with Gasteiger partial charge in [0.2, 0.25) is 5.91 Å². The number of carbonyl (C=O) groups excluding carboxylic acids is 1. The molecule has 5 nitrogen and oxygen atoms in total. The molecule has 0 aromatic heterocycles. The molecule has 1 atom stereocenters. The van der Waals surface area contributed by atoms with Crippen molar-refractivity contribution in [3.8, 4) is 0 Å². The van der Waals surface area contributed by atoms with E-state index in [0.29, 0.717) is 29.5 Å². The molecular weight excluding hydrogens is 290 g/mol. The van der Waals surface area contributed by atoms with Crippen molar-refractivity contribution in [1.29, 1.82) is 0 Å². The Kier molecular flexibility index (Phi) is 6.95. The fourth-order valence-corrected chi connectivity index (χ4v) is 2.23. The van der Waals surface area contributed by atoms with E-state index < -0.39 is 0 Å². The molecule has 1 aromatic rings. The van der Waals surface area contributed by atoms with Gasteiger partial charge in [-0.25, -0.2) is 0 Å². The minimum Gasteiger partial charge on any atom is -0.397 e. The van der Waals surface area contributed by atoms with E-state index >= 15 is 0 Å². The molecule has 0 spiro atoms. The smallest absolute Gasteiger partial charge is 0.241 e. The summed E-state index contributed by atoms with van der Waals surface area (Å²) in [5.41, 5.74) is 6.83. The van der Waals surface area contributed by atoms with Crippen LogP contribution in [0.5, 0.6) is 0 Å². The fraction of sp³-hybridized carbons (Fsp3) is 0.533. The number of nitrogens with zero attached hydrogens (tertiary/aromatic N) is 1. The lowest BCUT2D eigenvalue weighted by Gasteiger charge is -2.31. The summed E-state index contributed by atoms with van der Waals surface area (Å²) in [6.07, 6.45) is 0. The number of hydrogen-bond donors (Lipinski definition) is 2. The molecule has 0 radical (unpaired) electrons. The summed E-state index contributed by atoms with van der Waals surface area (Å²) >= 11 is 5.87. The van der Waals surface area contributed by atoms with Crippen molar-refractivity contribution in [3.63, 3.8) is 0 Å². The lowest BCUT2D eigenvalue weighted by Crippen LogP contribution is -2.47. The summed E-state index contributed by atoms with van der Waals surface area (Å²) in [6.45, 7) is 7.28. The van der Waals surface area contributed by atoms with Gasteiger partial charge in [-0.1, -0.05) is 11.6 Å². The number of anilines is 2. The number of nitrogens with two attached hydrogens (primary N) is 1. The minimum absolute atomic E-state index is 0.0819. The number of nitrogens with one attached hydrogen (secondary N) is 1. The van der Waals surface area contributed by atoms with Crippen LogP contribution in [0.2, 0.25) is 5.02 Å². The van der Waals surface area contributed by atoms with Crippen molar-refractivity contribution in [2.45, 2.75) is 32.9 Å². The third kappa shape index (κ3) is 5.19. The first-order valence-electron chi connectivity index (χ1n) is 6.97. The summed E-state index contributed by atoms with van der Waals surface area (Å²) in [5.74, 6) is -0.0819. The lowest BCUT2D eigenvalue weighted by molar-refractivity contribution is -0.121. The highest BCUT2D eigenvalue weighted by molar-refractivity contribution is 6.33. The lowest BCUT2D eigenvalue weighted by atomic mass is 10.2. The number of rotatable bonds is 7. The van der Waals surface area contributed by atoms with Gasteiger partial charge in [0, 0.05) is 25.4 Å². The van der Waals surface area contributed by atoms with Crippen molar-refractivity contribution in [1.82, 2.24) is 4.90 Å². The third-order valence-corrected chi connectivity index (χ3v) is 3.70. The summed E-state index contributed by atoms with van der Waals surface area (Å²) in [6, 6.07) is 5.04. The van der Waals surface area contributed by atoms with Crippen molar-refractivity contribution < 1.29 is 9.53 Å². The van der Waals surface area contributed by atoms with E-state index in [0.717, 1.165) is 0 Å². The van der Waals surface area contributed by atoms with Crippen LogP contribution < -0.4 is 11.1 Å². The van der Waals surface area contributed by atoms with Gasteiger partial charge in [-0.2, -0.15) is 0 Å². The molecule has 0 bridgehead atoms. The zero-order valence-electron chi connectivity index (χ0n) is 13.0. The maximum atomic E-state index is 12.4. The van der Waals surface area contributed by atoms with E-state index in [1.54, 1.807) is 25.3 Å². The molecular formula is C15H24ClN3O2. The molecule has 0 fully saturated rings. The summed E-state index contributed by atoms with van der Waals surface area (Å²) < 4.78 is 5.10. The fourth-order valence-electron chi connectivity index (χ4n) is 2.11. The molecule has 1 rings (SSSR count). The van der Waals surface area contributed by atoms with E-state index in [1.165, 1.54) is 0 Å². The number of amides is 1. The maximum absolute atomic E-state index is 12.4. The highest BCUT2D eigenvalue weighted by atomic mass is 35.5. The van der Waals surface area contributed by atoms with Crippen LogP contribution in [0.3, 0.4) is 0 Å². The molecule has 0 aliphatic rings. The summed E-state index contributed by atoms with van der Waals surface area (Å²) in [7, 11) is 1.65. The average molecular weight is 314 g/mol. The largest absolute Gasteiger partial charge is 0.397 e. The van der Waals surface area contributed by atoms with E-state index in [2.05, 4.69) is 24.1 Å². The second-order valence-electron chi connectivity index (χ2n) is 5.23. The first kappa shape index (κ1) is 17.8. The Balaban J connectivity index is 2.73. The molecule has 21 heavy (non-hydrogen) atoms.